The third kappa shape index (κ3) is 10.4. The van der Waals surface area contributed by atoms with Gasteiger partial charge in [-0.3, -0.25) is 24.6 Å². The van der Waals surface area contributed by atoms with Gasteiger partial charge in [0.25, 0.3) is 5.56 Å². The molecule has 3 saturated heterocycles. The van der Waals surface area contributed by atoms with E-state index in [-0.39, 0.29) is 40.9 Å². The Bertz CT molecular complexity index is 2010. The van der Waals surface area contributed by atoms with Gasteiger partial charge in [-0.15, -0.1) is 0 Å². The van der Waals surface area contributed by atoms with Gasteiger partial charge in [-0.05, 0) is 109 Å². The molecule has 16 heteroatoms. The zero-order valence-electron chi connectivity index (χ0n) is 32.7. The number of amides is 3. The molecular formula is C41H52F2N6O7S. The number of imide groups is 1. The van der Waals surface area contributed by atoms with E-state index in [4.69, 9.17) is 14.2 Å². The average Bonchev–Trinajstić information content (AvgIpc) is 3.14. The van der Waals surface area contributed by atoms with Crippen LogP contribution in [0.15, 0.2) is 35.1 Å². The quantitative estimate of drug-likeness (QED) is 0.181. The minimum Gasteiger partial charge on any atom is -0.493 e. The van der Waals surface area contributed by atoms with Crippen molar-refractivity contribution in [2.24, 2.45) is 11.8 Å². The molecule has 4 heterocycles. The monoisotopic (exact) mass is 810 g/mol. The zero-order valence-corrected chi connectivity index (χ0v) is 33.6. The van der Waals surface area contributed by atoms with Crippen LogP contribution in [0, 0.1) is 23.5 Å². The van der Waals surface area contributed by atoms with Crippen molar-refractivity contribution in [3.63, 3.8) is 0 Å². The molecule has 4 aliphatic rings. The number of piperidine rings is 2. The van der Waals surface area contributed by atoms with Crippen molar-refractivity contribution in [1.29, 1.82) is 0 Å². The summed E-state index contributed by atoms with van der Waals surface area (Å²) in [6.45, 7) is 9.82. The fourth-order valence-corrected chi connectivity index (χ4v) is 9.05. The third-order valence-electron chi connectivity index (χ3n) is 11.1. The molecule has 3 aromatic rings. The van der Waals surface area contributed by atoms with Crippen molar-refractivity contribution in [2.45, 2.75) is 101 Å². The van der Waals surface area contributed by atoms with E-state index < -0.39 is 40.8 Å². The molecule has 4 fully saturated rings. The van der Waals surface area contributed by atoms with Crippen molar-refractivity contribution in [1.82, 2.24) is 20.2 Å². The first-order valence-electron chi connectivity index (χ1n) is 20.0. The van der Waals surface area contributed by atoms with E-state index in [1.54, 1.807) is 44.7 Å². The lowest BCUT2D eigenvalue weighted by Gasteiger charge is -2.45. The van der Waals surface area contributed by atoms with Crippen LogP contribution in [0.25, 0.3) is 10.9 Å². The van der Waals surface area contributed by atoms with Gasteiger partial charge in [0.15, 0.2) is 0 Å². The normalized spacial score (nSPS) is 22.5. The molecule has 57 heavy (non-hydrogen) atoms. The Morgan fingerprint density at radius 3 is 2.47 bits per heavy atom. The van der Waals surface area contributed by atoms with Crippen LogP contribution >= 0.6 is 11.8 Å². The highest BCUT2D eigenvalue weighted by molar-refractivity contribution is 7.99. The van der Waals surface area contributed by atoms with Gasteiger partial charge in [-0.2, -0.15) is 11.8 Å². The van der Waals surface area contributed by atoms with Crippen LogP contribution in [0.4, 0.5) is 25.0 Å². The van der Waals surface area contributed by atoms with Crippen molar-refractivity contribution < 1.29 is 37.4 Å². The Morgan fingerprint density at radius 1 is 1.02 bits per heavy atom. The molecule has 1 aliphatic carbocycles. The number of H-pyrrole nitrogens is 1. The number of carbonyl (C=O) groups excluding carboxylic acids is 3. The summed E-state index contributed by atoms with van der Waals surface area (Å²) in [5.74, 6) is -0.0462. The van der Waals surface area contributed by atoms with Crippen LogP contribution in [-0.2, 0) is 24.8 Å². The zero-order chi connectivity index (χ0) is 40.3. The molecule has 308 valence electrons. The molecular weight excluding hydrogens is 759 g/mol. The fourth-order valence-electron chi connectivity index (χ4n) is 7.99. The second-order valence-electron chi connectivity index (χ2n) is 16.6. The molecule has 0 radical (unpaired) electrons. The van der Waals surface area contributed by atoms with E-state index in [1.165, 1.54) is 23.1 Å². The summed E-state index contributed by atoms with van der Waals surface area (Å²) in [5, 5.41) is 5.66. The Balaban J connectivity index is 0.900. The van der Waals surface area contributed by atoms with Gasteiger partial charge < -0.3 is 29.4 Å². The SMILES string of the molecule is CC(C)(C)OC(=O)N(c1ccc(NC2CCC(=O)NC2=O)cc1F)C1CC(CN2CCC(COc3cc(F)c4c(=O)[nH]c(CSC5CCOCC5)nc4c3)CC2)C1. The Morgan fingerprint density at radius 2 is 1.77 bits per heavy atom. The Kier molecular flexibility index (Phi) is 12.7. The number of thioether (sulfide) groups is 1. The number of hydrogen-bond acceptors (Lipinski definition) is 11. The summed E-state index contributed by atoms with van der Waals surface area (Å²) in [7, 11) is 0. The highest BCUT2D eigenvalue weighted by Gasteiger charge is 2.41. The van der Waals surface area contributed by atoms with Crippen molar-refractivity contribution in [3.05, 3.63) is 58.1 Å². The largest absolute Gasteiger partial charge is 0.493 e. The summed E-state index contributed by atoms with van der Waals surface area (Å²) in [5.41, 5.74) is -0.491. The number of nitrogens with one attached hydrogen (secondary N) is 3. The van der Waals surface area contributed by atoms with E-state index in [9.17, 15) is 19.2 Å². The summed E-state index contributed by atoms with van der Waals surface area (Å²) in [6, 6.07) is 6.43. The highest BCUT2D eigenvalue weighted by Crippen LogP contribution is 2.38. The van der Waals surface area contributed by atoms with Crippen LogP contribution < -0.4 is 25.8 Å². The minimum atomic E-state index is -0.776. The smallest absolute Gasteiger partial charge is 0.415 e. The van der Waals surface area contributed by atoms with Crippen LogP contribution in [0.2, 0.25) is 0 Å². The van der Waals surface area contributed by atoms with Gasteiger partial charge in [0, 0.05) is 55.3 Å². The summed E-state index contributed by atoms with van der Waals surface area (Å²) in [6.07, 6.45) is 5.00. The van der Waals surface area contributed by atoms with Crippen molar-refractivity contribution in [2.75, 3.05) is 49.7 Å². The molecule has 1 aromatic heterocycles. The topological polar surface area (TPSA) is 155 Å². The number of aromatic amines is 1. The number of rotatable bonds is 12. The number of benzene rings is 2. The van der Waals surface area contributed by atoms with Crippen LogP contribution in [0.5, 0.6) is 5.75 Å². The standard InChI is InChI=1S/C41H52F2N6O7S/c1-41(2,3)56-40(53)49(34-6-4-26(18-30(34)42)44-32-5-7-36(50)47-38(32)51)27-16-25(17-27)21-48-12-8-24(9-13-48)22-55-28-19-31(43)37-33(20-28)45-35(46-39(37)52)23-57-29-10-14-54-15-11-29/h4,6,18-20,24-25,27,29,32,44H,5,7-17,21-23H2,1-3H3,(H,45,46,52)(H,47,50,51). The number of anilines is 2. The molecule has 7 rings (SSSR count). The number of nitrogens with zero attached hydrogens (tertiary/aromatic N) is 3. The van der Waals surface area contributed by atoms with Gasteiger partial charge in [0.2, 0.25) is 11.8 Å². The average molecular weight is 811 g/mol. The summed E-state index contributed by atoms with van der Waals surface area (Å²) in [4.78, 5) is 61.1. The predicted octanol–water partition coefficient (Wildman–Crippen LogP) is 6.14. The van der Waals surface area contributed by atoms with Gasteiger partial charge in [-0.1, -0.05) is 0 Å². The lowest BCUT2D eigenvalue weighted by molar-refractivity contribution is -0.133. The molecule has 0 spiro atoms. The molecule has 0 bridgehead atoms. The number of ether oxygens (including phenoxy) is 3. The number of hydrogen-bond donors (Lipinski definition) is 3. The maximum atomic E-state index is 15.7. The molecule has 3 N–H and O–H groups in total. The van der Waals surface area contributed by atoms with Gasteiger partial charge in [0.1, 0.15) is 40.2 Å². The van der Waals surface area contributed by atoms with Crippen LogP contribution in [0.1, 0.15) is 78.0 Å². The van der Waals surface area contributed by atoms with Crippen LogP contribution in [-0.4, -0.2) is 95.2 Å². The van der Waals surface area contributed by atoms with Crippen molar-refractivity contribution >= 4 is 51.9 Å². The lowest BCUT2D eigenvalue weighted by atomic mass is 9.78. The molecule has 1 atom stereocenters. The lowest BCUT2D eigenvalue weighted by Crippen LogP contribution is -2.52. The van der Waals surface area contributed by atoms with E-state index in [0.29, 0.717) is 60.1 Å². The second-order valence-corrected chi connectivity index (χ2v) is 17.9. The van der Waals surface area contributed by atoms with Crippen LogP contribution in [0.3, 0.4) is 0 Å². The van der Waals surface area contributed by atoms with E-state index in [1.807, 2.05) is 0 Å². The molecule has 1 unspecified atom stereocenters. The predicted molar refractivity (Wildman–Crippen MR) is 214 cm³/mol. The third-order valence-corrected chi connectivity index (χ3v) is 12.5. The first kappa shape index (κ1) is 40.9. The number of halogens is 2. The molecule has 3 aliphatic heterocycles. The Labute approximate surface area is 334 Å². The molecule has 13 nitrogen and oxygen atoms in total. The Hall–Kier alpha value is -4.28. The number of fused-ring (bicyclic) bond motifs is 1. The second kappa shape index (κ2) is 17.7. The molecule has 1 saturated carbocycles. The van der Waals surface area contributed by atoms with E-state index >= 15 is 8.78 Å². The highest BCUT2D eigenvalue weighted by atomic mass is 32.2. The number of likely N-dealkylation sites (tertiary alicyclic amines) is 1. The molecule has 3 amide bonds. The maximum absolute atomic E-state index is 15.7. The number of carbonyl (C=O) groups is 3. The summed E-state index contributed by atoms with van der Waals surface area (Å²) >= 11 is 1.73. The first-order chi connectivity index (χ1) is 27.3. The fraction of sp³-hybridized carbons (Fsp3) is 0.585. The first-order valence-corrected chi connectivity index (χ1v) is 21.0. The minimum absolute atomic E-state index is 0.0645. The van der Waals surface area contributed by atoms with E-state index in [0.717, 1.165) is 58.5 Å². The van der Waals surface area contributed by atoms with E-state index in [2.05, 4.69) is 25.5 Å². The summed E-state index contributed by atoms with van der Waals surface area (Å²) < 4.78 is 48.0. The maximum Gasteiger partial charge on any atom is 0.415 e. The van der Waals surface area contributed by atoms with Gasteiger partial charge in [-0.25, -0.2) is 18.6 Å². The van der Waals surface area contributed by atoms with Gasteiger partial charge in [0.05, 0.1) is 23.6 Å². The number of aromatic nitrogens is 2. The molecule has 2 aromatic carbocycles. The van der Waals surface area contributed by atoms with Crippen molar-refractivity contribution in [3.8, 4) is 5.75 Å². The van der Waals surface area contributed by atoms with Gasteiger partial charge >= 0.3 is 6.09 Å².